The first-order valence-electron chi connectivity index (χ1n) is 11.0. The number of halogens is 1. The molecular formula is C30H18BrNS. The first kappa shape index (κ1) is 19.1. The fourth-order valence-electron chi connectivity index (χ4n) is 4.99. The Hall–Kier alpha value is -3.40. The van der Waals surface area contributed by atoms with Crippen LogP contribution in [0.25, 0.3) is 58.8 Å². The van der Waals surface area contributed by atoms with Crippen LogP contribution >= 0.6 is 27.3 Å². The van der Waals surface area contributed by atoms with Gasteiger partial charge in [0.2, 0.25) is 0 Å². The van der Waals surface area contributed by atoms with Crippen LogP contribution in [0.1, 0.15) is 0 Å². The minimum Gasteiger partial charge on any atom is -0.308 e. The van der Waals surface area contributed by atoms with E-state index in [4.69, 9.17) is 0 Å². The monoisotopic (exact) mass is 503 g/mol. The lowest BCUT2D eigenvalue weighted by atomic mass is 10.0. The molecule has 0 bridgehead atoms. The highest BCUT2D eigenvalue weighted by Crippen LogP contribution is 2.41. The van der Waals surface area contributed by atoms with E-state index >= 15 is 0 Å². The zero-order valence-electron chi connectivity index (χ0n) is 17.6. The van der Waals surface area contributed by atoms with Gasteiger partial charge in [-0.3, -0.25) is 0 Å². The van der Waals surface area contributed by atoms with Crippen LogP contribution in [0.2, 0.25) is 0 Å². The first-order chi connectivity index (χ1) is 16.3. The van der Waals surface area contributed by atoms with E-state index < -0.39 is 0 Å². The fourth-order valence-corrected chi connectivity index (χ4v) is 6.59. The standard InChI is InChI=1S/C30H18BrNS/c31-21-8-5-7-19(17-21)20-15-16-27-25(18-20)22-9-1-3-12-26(22)32(27)28-13-6-11-24-23-10-2-4-14-29(23)33-30(24)28/h1-18H. The van der Waals surface area contributed by atoms with E-state index in [2.05, 4.69) is 130 Å². The normalized spacial score (nSPS) is 11.8. The molecule has 0 unspecified atom stereocenters. The predicted octanol–water partition coefficient (Wildman–Crippen LogP) is 9.58. The van der Waals surface area contributed by atoms with Gasteiger partial charge in [-0.15, -0.1) is 11.3 Å². The number of thiophene rings is 1. The highest BCUT2D eigenvalue weighted by molar-refractivity contribution is 9.10. The zero-order chi connectivity index (χ0) is 21.9. The molecule has 2 heterocycles. The van der Waals surface area contributed by atoms with Crippen molar-refractivity contribution in [2.75, 3.05) is 0 Å². The molecule has 2 aromatic heterocycles. The molecule has 0 saturated carbocycles. The molecule has 0 N–H and O–H groups in total. The number of nitrogens with zero attached hydrogens (tertiary/aromatic N) is 1. The predicted molar refractivity (Wildman–Crippen MR) is 147 cm³/mol. The molecule has 7 rings (SSSR count). The highest BCUT2D eigenvalue weighted by Gasteiger charge is 2.16. The molecule has 0 radical (unpaired) electrons. The number of aromatic nitrogens is 1. The van der Waals surface area contributed by atoms with Gasteiger partial charge >= 0.3 is 0 Å². The summed E-state index contributed by atoms with van der Waals surface area (Å²) in [7, 11) is 0. The van der Waals surface area contributed by atoms with Crippen LogP contribution in [-0.2, 0) is 0 Å². The third-order valence-electron chi connectivity index (χ3n) is 6.45. The molecule has 33 heavy (non-hydrogen) atoms. The summed E-state index contributed by atoms with van der Waals surface area (Å²) in [6.45, 7) is 0. The molecule has 7 aromatic rings. The minimum absolute atomic E-state index is 1.10. The first-order valence-corrected chi connectivity index (χ1v) is 12.6. The summed E-state index contributed by atoms with van der Waals surface area (Å²) in [4.78, 5) is 0. The van der Waals surface area contributed by atoms with Gasteiger partial charge in [0, 0.05) is 30.7 Å². The van der Waals surface area contributed by atoms with Crippen molar-refractivity contribution in [2.24, 2.45) is 0 Å². The average Bonchev–Trinajstić information content (AvgIpc) is 3.40. The van der Waals surface area contributed by atoms with E-state index in [1.807, 2.05) is 11.3 Å². The van der Waals surface area contributed by atoms with Gasteiger partial charge in [-0.05, 0) is 53.6 Å². The fraction of sp³-hybridized carbons (Fsp3) is 0. The maximum Gasteiger partial charge on any atom is 0.0640 e. The molecule has 0 aliphatic heterocycles. The van der Waals surface area contributed by atoms with Gasteiger partial charge in [0.25, 0.3) is 0 Å². The topological polar surface area (TPSA) is 4.93 Å². The van der Waals surface area contributed by atoms with Crippen molar-refractivity contribution in [1.82, 2.24) is 4.57 Å². The summed E-state index contributed by atoms with van der Waals surface area (Å²) in [5.41, 5.74) is 6.17. The smallest absolute Gasteiger partial charge is 0.0640 e. The third kappa shape index (κ3) is 2.90. The van der Waals surface area contributed by atoms with Gasteiger partial charge in [-0.2, -0.15) is 0 Å². The van der Waals surface area contributed by atoms with Crippen molar-refractivity contribution in [2.45, 2.75) is 0 Å². The second-order valence-electron chi connectivity index (χ2n) is 8.35. The summed E-state index contributed by atoms with van der Waals surface area (Å²) >= 11 is 5.50. The number of hydrogen-bond acceptors (Lipinski definition) is 1. The van der Waals surface area contributed by atoms with Crippen LogP contribution in [0, 0.1) is 0 Å². The van der Waals surface area contributed by atoms with Crippen LogP contribution in [0.5, 0.6) is 0 Å². The number of para-hydroxylation sites is 1. The second-order valence-corrected chi connectivity index (χ2v) is 10.3. The number of fused-ring (bicyclic) bond motifs is 6. The second kappa shape index (κ2) is 7.31. The van der Waals surface area contributed by atoms with Crippen LogP contribution in [0.15, 0.2) is 114 Å². The third-order valence-corrected chi connectivity index (χ3v) is 8.16. The van der Waals surface area contributed by atoms with E-state index in [9.17, 15) is 0 Å². The molecule has 0 aliphatic carbocycles. The van der Waals surface area contributed by atoms with Crippen LogP contribution in [0.3, 0.4) is 0 Å². The summed E-state index contributed by atoms with van der Waals surface area (Å²) in [5.74, 6) is 0. The molecule has 0 spiro atoms. The SMILES string of the molecule is Brc1cccc(-c2ccc3c(c2)c2ccccc2n3-c2cccc3c2sc2ccccc23)c1. The molecule has 0 saturated heterocycles. The van der Waals surface area contributed by atoms with E-state index in [1.54, 1.807) is 0 Å². The minimum atomic E-state index is 1.10. The molecule has 0 fully saturated rings. The van der Waals surface area contributed by atoms with Crippen LogP contribution in [-0.4, -0.2) is 4.57 Å². The zero-order valence-corrected chi connectivity index (χ0v) is 20.0. The molecule has 0 atom stereocenters. The van der Waals surface area contributed by atoms with Crippen molar-refractivity contribution in [3.63, 3.8) is 0 Å². The lowest BCUT2D eigenvalue weighted by molar-refractivity contribution is 1.20. The Kier molecular flexibility index (Phi) is 4.23. The van der Waals surface area contributed by atoms with E-state index in [0.29, 0.717) is 0 Å². The molecule has 156 valence electrons. The van der Waals surface area contributed by atoms with E-state index in [0.717, 1.165) is 4.47 Å². The molecular weight excluding hydrogens is 486 g/mol. The molecule has 3 heteroatoms. The van der Waals surface area contributed by atoms with Crippen molar-refractivity contribution >= 4 is 69.2 Å². The number of benzene rings is 5. The van der Waals surface area contributed by atoms with E-state index in [-0.39, 0.29) is 0 Å². The van der Waals surface area contributed by atoms with Crippen molar-refractivity contribution in [3.05, 3.63) is 114 Å². The van der Waals surface area contributed by atoms with Crippen molar-refractivity contribution in [1.29, 1.82) is 0 Å². The largest absolute Gasteiger partial charge is 0.308 e. The maximum atomic E-state index is 3.62. The summed E-state index contributed by atoms with van der Waals surface area (Å²) in [5, 5.41) is 5.21. The van der Waals surface area contributed by atoms with E-state index in [1.165, 1.54) is 58.8 Å². The molecule has 5 aromatic carbocycles. The average molecular weight is 504 g/mol. The highest BCUT2D eigenvalue weighted by atomic mass is 79.9. The maximum absolute atomic E-state index is 3.62. The Morgan fingerprint density at radius 1 is 0.545 bits per heavy atom. The van der Waals surface area contributed by atoms with Gasteiger partial charge in [-0.1, -0.05) is 82.7 Å². The lowest BCUT2D eigenvalue weighted by Crippen LogP contribution is -1.93. The summed E-state index contributed by atoms with van der Waals surface area (Å²) in [6.07, 6.45) is 0. The summed E-state index contributed by atoms with van der Waals surface area (Å²) in [6, 6.07) is 39.5. The lowest BCUT2D eigenvalue weighted by Gasteiger charge is -2.10. The van der Waals surface area contributed by atoms with Crippen molar-refractivity contribution < 1.29 is 0 Å². The molecule has 0 aliphatic rings. The Morgan fingerprint density at radius 2 is 1.27 bits per heavy atom. The Labute approximate surface area is 203 Å². The Morgan fingerprint density at radius 3 is 2.18 bits per heavy atom. The van der Waals surface area contributed by atoms with Crippen molar-refractivity contribution in [3.8, 4) is 16.8 Å². The van der Waals surface area contributed by atoms with Gasteiger partial charge in [0.1, 0.15) is 0 Å². The van der Waals surface area contributed by atoms with Gasteiger partial charge in [0.05, 0.1) is 21.4 Å². The van der Waals surface area contributed by atoms with Crippen LogP contribution < -0.4 is 0 Å². The number of rotatable bonds is 2. The number of hydrogen-bond donors (Lipinski definition) is 0. The molecule has 0 amide bonds. The van der Waals surface area contributed by atoms with Gasteiger partial charge < -0.3 is 4.57 Å². The van der Waals surface area contributed by atoms with Gasteiger partial charge in [-0.25, -0.2) is 0 Å². The Balaban J connectivity index is 1.57. The summed E-state index contributed by atoms with van der Waals surface area (Å²) < 4.78 is 6.20. The van der Waals surface area contributed by atoms with Crippen LogP contribution in [0.4, 0.5) is 0 Å². The Bertz CT molecular complexity index is 1840. The van der Waals surface area contributed by atoms with Gasteiger partial charge in [0.15, 0.2) is 0 Å². The molecule has 1 nitrogen and oxygen atoms in total. The quantitative estimate of drug-likeness (QED) is 0.221.